The zero-order valence-corrected chi connectivity index (χ0v) is 7.52. The smallest absolute Gasteiger partial charge is 0.103 e. The molecule has 62 valence electrons. The highest BCUT2D eigenvalue weighted by molar-refractivity contribution is 7.80. The molecule has 3 heteroatoms. The summed E-state index contributed by atoms with van der Waals surface area (Å²) < 4.78 is 0. The van der Waals surface area contributed by atoms with E-state index in [0.29, 0.717) is 6.42 Å². The second-order valence-corrected chi connectivity index (χ2v) is 3.46. The number of rotatable bonds is 0. The van der Waals surface area contributed by atoms with Crippen LogP contribution in [0.2, 0.25) is 0 Å². The Hall–Kier alpha value is -0.280. The van der Waals surface area contributed by atoms with Crippen molar-refractivity contribution < 1.29 is 5.11 Å². The van der Waals surface area contributed by atoms with Crippen molar-refractivity contribution in [1.82, 2.24) is 0 Å². The van der Waals surface area contributed by atoms with Crippen LogP contribution >= 0.6 is 12.2 Å². The van der Waals surface area contributed by atoms with Crippen LogP contribution in [0.3, 0.4) is 0 Å². The fourth-order valence-electron chi connectivity index (χ4n) is 1.25. The fourth-order valence-corrected chi connectivity index (χ4v) is 1.55. The van der Waals surface area contributed by atoms with Crippen LogP contribution in [0.5, 0.6) is 0 Å². The van der Waals surface area contributed by atoms with E-state index in [-0.39, 0.29) is 6.10 Å². The number of aliphatic hydroxyl groups excluding tert-OH is 1. The standard InChI is InChI=1S/C8H13NOS/c1-6-5-7(10)3-2-4-8(11)9-6/h7,10H,2-5H2,1H3. The van der Waals surface area contributed by atoms with E-state index in [4.69, 9.17) is 12.2 Å². The van der Waals surface area contributed by atoms with Gasteiger partial charge in [-0.3, -0.25) is 4.99 Å². The molecule has 1 unspecified atom stereocenters. The van der Waals surface area contributed by atoms with Crippen LogP contribution in [0.1, 0.15) is 32.6 Å². The number of thiocarbonyl (C=S) groups is 1. The van der Waals surface area contributed by atoms with Gasteiger partial charge in [0, 0.05) is 18.6 Å². The maximum Gasteiger partial charge on any atom is 0.103 e. The SMILES string of the molecule is CC1=NC(=S)CCCC(O)C1. The second-order valence-electron chi connectivity index (χ2n) is 2.99. The highest BCUT2D eigenvalue weighted by Gasteiger charge is 2.10. The molecule has 0 spiro atoms. The van der Waals surface area contributed by atoms with Crippen LogP contribution in [0.25, 0.3) is 0 Å². The van der Waals surface area contributed by atoms with Crippen molar-refractivity contribution in [1.29, 1.82) is 0 Å². The van der Waals surface area contributed by atoms with Crippen molar-refractivity contribution in [3.63, 3.8) is 0 Å². The lowest BCUT2D eigenvalue weighted by molar-refractivity contribution is 0.169. The average Bonchev–Trinajstić information content (AvgIpc) is 1.83. The van der Waals surface area contributed by atoms with Gasteiger partial charge in [0.1, 0.15) is 4.99 Å². The normalized spacial score (nSPS) is 27.3. The zero-order chi connectivity index (χ0) is 8.27. The first-order valence-corrected chi connectivity index (χ1v) is 4.34. The molecule has 1 aliphatic heterocycles. The minimum Gasteiger partial charge on any atom is -0.393 e. The Morgan fingerprint density at radius 1 is 1.64 bits per heavy atom. The molecule has 1 aliphatic rings. The molecular weight excluding hydrogens is 158 g/mol. The zero-order valence-electron chi connectivity index (χ0n) is 6.71. The monoisotopic (exact) mass is 171 g/mol. The Morgan fingerprint density at radius 2 is 2.36 bits per heavy atom. The van der Waals surface area contributed by atoms with Crippen LogP contribution in [0, 0.1) is 0 Å². The Kier molecular flexibility index (Phi) is 3.15. The summed E-state index contributed by atoms with van der Waals surface area (Å²) in [6, 6.07) is 0. The number of aliphatic imine (C=N–C) groups is 1. The summed E-state index contributed by atoms with van der Waals surface area (Å²) in [7, 11) is 0. The molecule has 0 aromatic carbocycles. The van der Waals surface area contributed by atoms with Gasteiger partial charge in [-0.05, 0) is 19.8 Å². The van der Waals surface area contributed by atoms with Gasteiger partial charge in [0.2, 0.25) is 0 Å². The molecular formula is C8H13NOS. The molecule has 1 atom stereocenters. The first kappa shape index (κ1) is 8.81. The van der Waals surface area contributed by atoms with Crippen LogP contribution in [-0.2, 0) is 0 Å². The summed E-state index contributed by atoms with van der Waals surface area (Å²) in [6.45, 7) is 1.92. The lowest BCUT2D eigenvalue weighted by Crippen LogP contribution is -2.15. The topological polar surface area (TPSA) is 32.6 Å². The van der Waals surface area contributed by atoms with Gasteiger partial charge in [0.15, 0.2) is 0 Å². The lowest BCUT2D eigenvalue weighted by atomic mass is 10.1. The van der Waals surface area contributed by atoms with E-state index in [0.717, 1.165) is 30.0 Å². The van der Waals surface area contributed by atoms with Crippen molar-refractivity contribution >= 4 is 22.9 Å². The maximum absolute atomic E-state index is 9.35. The second kappa shape index (κ2) is 3.93. The van der Waals surface area contributed by atoms with Crippen molar-refractivity contribution in [3.05, 3.63) is 0 Å². The minimum atomic E-state index is -0.207. The van der Waals surface area contributed by atoms with Crippen LogP contribution in [-0.4, -0.2) is 21.9 Å². The summed E-state index contributed by atoms with van der Waals surface area (Å²) >= 11 is 5.00. The van der Waals surface area contributed by atoms with E-state index in [1.54, 1.807) is 0 Å². The number of aliphatic hydroxyl groups is 1. The molecule has 11 heavy (non-hydrogen) atoms. The predicted molar refractivity (Wildman–Crippen MR) is 50.2 cm³/mol. The molecule has 1 heterocycles. The van der Waals surface area contributed by atoms with Gasteiger partial charge in [0.25, 0.3) is 0 Å². The van der Waals surface area contributed by atoms with Gasteiger partial charge in [0.05, 0.1) is 6.10 Å². The van der Waals surface area contributed by atoms with E-state index >= 15 is 0 Å². The Bertz CT molecular complexity index is 189. The molecule has 0 fully saturated rings. The van der Waals surface area contributed by atoms with Crippen LogP contribution in [0.4, 0.5) is 0 Å². The fraction of sp³-hybridized carbons (Fsp3) is 0.750. The number of hydrogen-bond acceptors (Lipinski definition) is 2. The number of nitrogens with zero attached hydrogens (tertiary/aromatic N) is 1. The van der Waals surface area contributed by atoms with E-state index in [9.17, 15) is 5.11 Å². The van der Waals surface area contributed by atoms with E-state index in [1.165, 1.54) is 0 Å². The highest BCUT2D eigenvalue weighted by atomic mass is 32.1. The molecule has 1 rings (SSSR count). The lowest BCUT2D eigenvalue weighted by Gasteiger charge is -2.13. The third-order valence-electron chi connectivity index (χ3n) is 1.77. The Balaban J connectivity index is 2.61. The summed E-state index contributed by atoms with van der Waals surface area (Å²) in [6.07, 6.45) is 3.15. The summed E-state index contributed by atoms with van der Waals surface area (Å²) in [5.41, 5.74) is 0.960. The molecule has 0 aromatic heterocycles. The Labute approximate surface area is 72.3 Å². The van der Waals surface area contributed by atoms with Gasteiger partial charge in [-0.25, -0.2) is 0 Å². The van der Waals surface area contributed by atoms with Gasteiger partial charge in [-0.2, -0.15) is 0 Å². The summed E-state index contributed by atoms with van der Waals surface area (Å²) in [4.78, 5) is 4.96. The number of hydrogen-bond donors (Lipinski definition) is 1. The first-order valence-electron chi connectivity index (χ1n) is 3.93. The van der Waals surface area contributed by atoms with E-state index in [2.05, 4.69) is 4.99 Å². The van der Waals surface area contributed by atoms with E-state index < -0.39 is 0 Å². The van der Waals surface area contributed by atoms with Crippen molar-refractivity contribution in [3.8, 4) is 0 Å². The molecule has 0 saturated heterocycles. The van der Waals surface area contributed by atoms with Crippen LogP contribution in [0.15, 0.2) is 4.99 Å². The molecule has 0 radical (unpaired) electrons. The Morgan fingerprint density at radius 3 is 3.09 bits per heavy atom. The third kappa shape index (κ3) is 3.08. The third-order valence-corrected chi connectivity index (χ3v) is 2.07. The largest absolute Gasteiger partial charge is 0.393 e. The molecule has 0 aliphatic carbocycles. The first-order chi connectivity index (χ1) is 5.18. The summed E-state index contributed by atoms with van der Waals surface area (Å²) in [5.74, 6) is 0. The maximum atomic E-state index is 9.35. The van der Waals surface area contributed by atoms with Crippen LogP contribution < -0.4 is 0 Å². The molecule has 0 bridgehead atoms. The van der Waals surface area contributed by atoms with Gasteiger partial charge < -0.3 is 5.11 Å². The molecule has 0 amide bonds. The van der Waals surface area contributed by atoms with Crippen molar-refractivity contribution in [2.45, 2.75) is 38.7 Å². The van der Waals surface area contributed by atoms with Crippen molar-refractivity contribution in [2.75, 3.05) is 0 Å². The van der Waals surface area contributed by atoms with Gasteiger partial charge >= 0.3 is 0 Å². The van der Waals surface area contributed by atoms with Crippen molar-refractivity contribution in [2.24, 2.45) is 4.99 Å². The molecule has 2 nitrogen and oxygen atoms in total. The predicted octanol–water partition coefficient (Wildman–Crippen LogP) is 1.71. The molecule has 0 aromatic rings. The van der Waals surface area contributed by atoms with Gasteiger partial charge in [-0.15, -0.1) is 0 Å². The molecule has 0 saturated carbocycles. The van der Waals surface area contributed by atoms with Gasteiger partial charge in [-0.1, -0.05) is 12.2 Å². The molecule has 1 N–H and O–H groups in total. The van der Waals surface area contributed by atoms with E-state index in [1.807, 2.05) is 6.92 Å². The highest BCUT2D eigenvalue weighted by Crippen LogP contribution is 2.11. The average molecular weight is 171 g/mol. The summed E-state index contributed by atoms with van der Waals surface area (Å²) in [5, 5.41) is 9.35. The minimum absolute atomic E-state index is 0.207. The quantitative estimate of drug-likeness (QED) is 0.563.